The van der Waals surface area contributed by atoms with Gasteiger partial charge in [-0.3, -0.25) is 0 Å². The fourth-order valence-electron chi connectivity index (χ4n) is 2.28. The Hall–Kier alpha value is -2.12. The summed E-state index contributed by atoms with van der Waals surface area (Å²) in [6.45, 7) is 5.79. The molecule has 0 fully saturated rings. The molecule has 0 aliphatic rings. The lowest BCUT2D eigenvalue weighted by molar-refractivity contribution is -0.865. The van der Waals surface area contributed by atoms with E-state index in [1.165, 1.54) is 21.6 Å². The fourth-order valence-corrected chi connectivity index (χ4v) is 2.28. The second kappa shape index (κ2) is 7.46. The minimum Gasteiger partial charge on any atom is -0.330 e. The monoisotopic (exact) mass is 264 g/mol. The van der Waals surface area contributed by atoms with Crippen molar-refractivity contribution in [2.45, 2.75) is 0 Å². The minimum absolute atomic E-state index is 0.971. The highest BCUT2D eigenvalue weighted by Crippen LogP contribution is 2.16. The molecule has 0 saturated heterocycles. The van der Waals surface area contributed by atoms with Crippen LogP contribution in [0.4, 0.5) is 0 Å². The number of benzene rings is 2. The second-order valence-electron chi connectivity index (χ2n) is 5.07. The van der Waals surface area contributed by atoms with Crippen molar-refractivity contribution in [1.29, 1.82) is 0 Å². The molecule has 2 aromatic rings. The number of rotatable bonds is 6. The summed E-state index contributed by atoms with van der Waals surface area (Å²) in [5.41, 5.74) is 3.90. The molecule has 1 atom stereocenters. The average molecular weight is 264 g/mol. The van der Waals surface area contributed by atoms with E-state index in [1.807, 2.05) is 6.08 Å². The molecule has 1 N–H and O–H groups in total. The maximum Gasteiger partial charge on any atom is 0.103 e. The molecule has 0 bridgehead atoms. The third-order valence-corrected chi connectivity index (χ3v) is 3.27. The van der Waals surface area contributed by atoms with Crippen LogP contribution in [0.25, 0.3) is 11.6 Å². The van der Waals surface area contributed by atoms with Gasteiger partial charge in [-0.2, -0.15) is 0 Å². The Labute approximate surface area is 121 Å². The molecule has 0 radical (unpaired) electrons. The fraction of sp³-hybridized carbons (Fsp3) is 0.158. The molecular formula is C19H22N+. The van der Waals surface area contributed by atoms with Crippen molar-refractivity contribution < 1.29 is 4.90 Å². The summed E-state index contributed by atoms with van der Waals surface area (Å²) in [5, 5.41) is 0. The van der Waals surface area contributed by atoms with Gasteiger partial charge in [0.15, 0.2) is 0 Å². The zero-order chi connectivity index (χ0) is 14.2. The number of quaternary nitrogens is 1. The molecule has 0 heterocycles. The molecule has 1 heteroatoms. The molecule has 1 unspecified atom stereocenters. The van der Waals surface area contributed by atoms with Crippen LogP contribution in [0.5, 0.6) is 0 Å². The summed E-state index contributed by atoms with van der Waals surface area (Å²) in [6, 6.07) is 21.1. The van der Waals surface area contributed by atoms with E-state index in [4.69, 9.17) is 0 Å². The summed E-state index contributed by atoms with van der Waals surface area (Å²) >= 11 is 0. The van der Waals surface area contributed by atoms with Crippen molar-refractivity contribution in [2.75, 3.05) is 20.1 Å². The lowest BCUT2D eigenvalue weighted by Gasteiger charge is -2.15. The Kier molecular flexibility index (Phi) is 5.33. The molecule has 0 aromatic heterocycles. The van der Waals surface area contributed by atoms with Crippen molar-refractivity contribution in [3.8, 4) is 0 Å². The zero-order valence-corrected chi connectivity index (χ0v) is 12.0. The molecule has 2 rings (SSSR count). The lowest BCUT2D eigenvalue weighted by Crippen LogP contribution is -3.08. The van der Waals surface area contributed by atoms with Gasteiger partial charge in [0.05, 0.1) is 13.6 Å². The van der Waals surface area contributed by atoms with Crippen LogP contribution < -0.4 is 4.90 Å². The summed E-state index contributed by atoms with van der Waals surface area (Å²) in [7, 11) is 2.20. The van der Waals surface area contributed by atoms with Gasteiger partial charge in [0.25, 0.3) is 0 Å². The van der Waals surface area contributed by atoms with Crippen molar-refractivity contribution in [3.05, 3.63) is 84.4 Å². The number of hydrogen-bond donors (Lipinski definition) is 1. The van der Waals surface area contributed by atoms with Crippen LogP contribution in [0.2, 0.25) is 0 Å². The Morgan fingerprint density at radius 2 is 1.60 bits per heavy atom. The highest BCUT2D eigenvalue weighted by atomic mass is 15.1. The molecule has 0 spiro atoms. The predicted molar refractivity (Wildman–Crippen MR) is 87.6 cm³/mol. The molecular weight excluding hydrogens is 242 g/mol. The van der Waals surface area contributed by atoms with E-state index in [9.17, 15) is 0 Å². The Morgan fingerprint density at radius 1 is 1.00 bits per heavy atom. The summed E-state index contributed by atoms with van der Waals surface area (Å²) in [6.07, 6.45) is 4.25. The maximum atomic E-state index is 3.82. The van der Waals surface area contributed by atoms with Gasteiger partial charge in [0.1, 0.15) is 6.54 Å². The normalized spacial score (nSPS) is 12.9. The van der Waals surface area contributed by atoms with E-state index in [1.54, 1.807) is 0 Å². The SMILES string of the molecule is C=CC[NH+](C)C/C(=C\c1ccccc1)c1ccccc1. The highest BCUT2D eigenvalue weighted by molar-refractivity contribution is 5.81. The van der Waals surface area contributed by atoms with E-state index in [-0.39, 0.29) is 0 Å². The summed E-state index contributed by atoms with van der Waals surface area (Å²) in [4.78, 5) is 1.44. The molecule has 20 heavy (non-hydrogen) atoms. The van der Waals surface area contributed by atoms with Gasteiger partial charge in [-0.1, -0.05) is 67.2 Å². The second-order valence-corrected chi connectivity index (χ2v) is 5.07. The third-order valence-electron chi connectivity index (χ3n) is 3.27. The van der Waals surface area contributed by atoms with Crippen molar-refractivity contribution in [2.24, 2.45) is 0 Å². The van der Waals surface area contributed by atoms with Gasteiger partial charge < -0.3 is 4.90 Å². The van der Waals surface area contributed by atoms with Crippen LogP contribution in [0, 0.1) is 0 Å². The summed E-state index contributed by atoms with van der Waals surface area (Å²) in [5.74, 6) is 0. The van der Waals surface area contributed by atoms with E-state index >= 15 is 0 Å². The van der Waals surface area contributed by atoms with E-state index in [0.29, 0.717) is 0 Å². The Morgan fingerprint density at radius 3 is 2.20 bits per heavy atom. The molecule has 0 saturated carbocycles. The van der Waals surface area contributed by atoms with Crippen LogP contribution in [-0.4, -0.2) is 20.1 Å². The average Bonchev–Trinajstić information content (AvgIpc) is 2.49. The topological polar surface area (TPSA) is 4.44 Å². The first-order valence-corrected chi connectivity index (χ1v) is 7.03. The number of hydrogen-bond acceptors (Lipinski definition) is 0. The first-order valence-electron chi connectivity index (χ1n) is 7.03. The third kappa shape index (κ3) is 4.22. The number of nitrogens with one attached hydrogen (secondary N) is 1. The first-order chi connectivity index (χ1) is 9.79. The smallest absolute Gasteiger partial charge is 0.103 e. The summed E-state index contributed by atoms with van der Waals surface area (Å²) < 4.78 is 0. The van der Waals surface area contributed by atoms with Crippen LogP contribution >= 0.6 is 0 Å². The van der Waals surface area contributed by atoms with Crippen molar-refractivity contribution in [1.82, 2.24) is 0 Å². The molecule has 0 aliphatic heterocycles. The Balaban J connectivity index is 2.29. The van der Waals surface area contributed by atoms with E-state index in [0.717, 1.165) is 13.1 Å². The van der Waals surface area contributed by atoms with Gasteiger partial charge in [-0.25, -0.2) is 0 Å². The predicted octanol–water partition coefficient (Wildman–Crippen LogP) is 2.93. The lowest BCUT2D eigenvalue weighted by atomic mass is 10.0. The van der Waals surface area contributed by atoms with Gasteiger partial charge in [-0.15, -0.1) is 0 Å². The minimum atomic E-state index is 0.971. The number of likely N-dealkylation sites (N-methyl/N-ethyl adjacent to an activating group) is 1. The molecule has 102 valence electrons. The van der Waals surface area contributed by atoms with Gasteiger partial charge in [0.2, 0.25) is 0 Å². The zero-order valence-electron chi connectivity index (χ0n) is 12.0. The van der Waals surface area contributed by atoms with Crippen LogP contribution in [0.15, 0.2) is 73.3 Å². The molecule has 1 nitrogen and oxygen atoms in total. The standard InChI is InChI=1S/C19H21N/c1-3-14-20(2)16-19(18-12-8-5-9-13-18)15-17-10-6-4-7-11-17/h3-13,15H,1,14,16H2,2H3/p+1/b19-15+. The largest absolute Gasteiger partial charge is 0.330 e. The van der Waals surface area contributed by atoms with Crippen LogP contribution in [0.3, 0.4) is 0 Å². The van der Waals surface area contributed by atoms with E-state index < -0.39 is 0 Å². The maximum absolute atomic E-state index is 3.82. The highest BCUT2D eigenvalue weighted by Gasteiger charge is 2.07. The first kappa shape index (κ1) is 14.3. The molecule has 0 amide bonds. The van der Waals surface area contributed by atoms with Crippen molar-refractivity contribution >= 4 is 11.6 Å². The van der Waals surface area contributed by atoms with Gasteiger partial charge in [0, 0.05) is 5.57 Å². The van der Waals surface area contributed by atoms with Crippen LogP contribution in [-0.2, 0) is 0 Å². The van der Waals surface area contributed by atoms with E-state index in [2.05, 4.69) is 80.4 Å². The molecule has 0 aliphatic carbocycles. The van der Waals surface area contributed by atoms with Crippen molar-refractivity contribution in [3.63, 3.8) is 0 Å². The van der Waals surface area contributed by atoms with Gasteiger partial charge in [-0.05, 0) is 23.3 Å². The Bertz CT molecular complexity index is 555. The quantitative estimate of drug-likeness (QED) is 0.604. The van der Waals surface area contributed by atoms with Gasteiger partial charge >= 0.3 is 0 Å². The van der Waals surface area contributed by atoms with Crippen LogP contribution in [0.1, 0.15) is 11.1 Å². The molecule has 2 aromatic carbocycles.